The molecule has 0 radical (unpaired) electrons. The van der Waals surface area contributed by atoms with E-state index >= 15 is 0 Å². The van der Waals surface area contributed by atoms with Crippen molar-refractivity contribution >= 4 is 0 Å². The lowest BCUT2D eigenvalue weighted by atomic mass is 9.98. The molecule has 0 aromatic carbocycles. The SMILES string of the molecule is OCC1OC(OCCC(O)CCC2CCCC2)C(O)C(O)C1O. The van der Waals surface area contributed by atoms with Crippen molar-refractivity contribution in [3.05, 3.63) is 0 Å². The second-order valence-electron chi connectivity index (χ2n) is 6.74. The maximum atomic E-state index is 9.98. The minimum Gasteiger partial charge on any atom is -0.394 e. The molecule has 2 rings (SSSR count). The molecular weight excluding hydrogens is 304 g/mol. The molecule has 1 saturated heterocycles. The molecule has 1 heterocycles. The average molecular weight is 334 g/mol. The standard InChI is InChI=1S/C16H30O7/c17-9-12-13(19)14(20)15(21)16(23-12)22-8-7-11(18)6-5-10-3-1-2-4-10/h10-21H,1-9H2. The molecule has 0 spiro atoms. The zero-order valence-electron chi connectivity index (χ0n) is 13.5. The molecule has 7 heteroatoms. The molecule has 5 N–H and O–H groups in total. The van der Waals surface area contributed by atoms with Gasteiger partial charge in [-0.05, 0) is 25.2 Å². The van der Waals surface area contributed by atoms with Crippen LogP contribution in [0.3, 0.4) is 0 Å². The van der Waals surface area contributed by atoms with Gasteiger partial charge in [-0.2, -0.15) is 0 Å². The molecule has 0 aromatic heterocycles. The van der Waals surface area contributed by atoms with Gasteiger partial charge in [0.15, 0.2) is 6.29 Å². The van der Waals surface area contributed by atoms with Crippen LogP contribution in [0.4, 0.5) is 0 Å². The van der Waals surface area contributed by atoms with Gasteiger partial charge in [0.1, 0.15) is 24.4 Å². The minimum atomic E-state index is -1.43. The van der Waals surface area contributed by atoms with Gasteiger partial charge in [-0.3, -0.25) is 0 Å². The number of hydrogen-bond donors (Lipinski definition) is 5. The third-order valence-corrected chi connectivity index (χ3v) is 4.96. The van der Waals surface area contributed by atoms with E-state index in [-0.39, 0.29) is 6.61 Å². The van der Waals surface area contributed by atoms with Gasteiger partial charge in [0, 0.05) is 0 Å². The second-order valence-corrected chi connectivity index (χ2v) is 6.74. The van der Waals surface area contributed by atoms with E-state index in [2.05, 4.69) is 0 Å². The first-order chi connectivity index (χ1) is 11.0. The Kier molecular flexibility index (Phi) is 7.68. The van der Waals surface area contributed by atoms with Gasteiger partial charge in [0.2, 0.25) is 0 Å². The van der Waals surface area contributed by atoms with Gasteiger partial charge in [0.25, 0.3) is 0 Å². The molecule has 0 amide bonds. The normalized spacial score (nSPS) is 37.2. The Morgan fingerprint density at radius 3 is 2.35 bits per heavy atom. The molecule has 1 aliphatic heterocycles. The number of aliphatic hydroxyl groups excluding tert-OH is 5. The summed E-state index contributed by atoms with van der Waals surface area (Å²) in [4.78, 5) is 0. The van der Waals surface area contributed by atoms with Gasteiger partial charge in [-0.1, -0.05) is 25.7 Å². The van der Waals surface area contributed by atoms with Gasteiger partial charge in [-0.15, -0.1) is 0 Å². The minimum absolute atomic E-state index is 0.175. The Labute approximate surface area is 136 Å². The molecule has 0 bridgehead atoms. The maximum Gasteiger partial charge on any atom is 0.186 e. The molecule has 1 saturated carbocycles. The first kappa shape index (κ1) is 19.1. The molecule has 0 aromatic rings. The summed E-state index contributed by atoms with van der Waals surface area (Å²) in [5.41, 5.74) is 0. The monoisotopic (exact) mass is 334 g/mol. The van der Waals surface area contributed by atoms with E-state index in [9.17, 15) is 20.4 Å². The van der Waals surface area contributed by atoms with E-state index in [1.807, 2.05) is 0 Å². The van der Waals surface area contributed by atoms with E-state index in [4.69, 9.17) is 14.6 Å². The highest BCUT2D eigenvalue weighted by molar-refractivity contribution is 4.88. The van der Waals surface area contributed by atoms with Crippen LogP contribution in [0.5, 0.6) is 0 Å². The number of ether oxygens (including phenoxy) is 2. The quantitative estimate of drug-likeness (QED) is 0.407. The summed E-state index contributed by atoms with van der Waals surface area (Å²) in [7, 11) is 0. The van der Waals surface area contributed by atoms with Crippen LogP contribution in [-0.2, 0) is 9.47 Å². The van der Waals surface area contributed by atoms with Gasteiger partial charge in [0.05, 0.1) is 19.3 Å². The summed E-state index contributed by atoms with van der Waals surface area (Å²) >= 11 is 0. The lowest BCUT2D eigenvalue weighted by Gasteiger charge is -2.39. The smallest absolute Gasteiger partial charge is 0.186 e. The van der Waals surface area contributed by atoms with Crippen LogP contribution in [0.25, 0.3) is 0 Å². The summed E-state index contributed by atoms with van der Waals surface area (Å²) in [6.45, 7) is -0.302. The van der Waals surface area contributed by atoms with E-state index in [1.165, 1.54) is 25.7 Å². The van der Waals surface area contributed by atoms with Gasteiger partial charge in [-0.25, -0.2) is 0 Å². The van der Waals surface area contributed by atoms with E-state index in [0.29, 0.717) is 6.42 Å². The van der Waals surface area contributed by atoms with Crippen LogP contribution in [0.2, 0.25) is 0 Å². The highest BCUT2D eigenvalue weighted by Crippen LogP contribution is 2.29. The second kappa shape index (κ2) is 9.27. The fourth-order valence-electron chi connectivity index (χ4n) is 3.40. The van der Waals surface area contributed by atoms with Crippen molar-refractivity contribution in [1.29, 1.82) is 0 Å². The van der Waals surface area contributed by atoms with Crippen molar-refractivity contribution in [3.8, 4) is 0 Å². The predicted molar refractivity (Wildman–Crippen MR) is 81.5 cm³/mol. The predicted octanol–water partition coefficient (Wildman–Crippen LogP) is -0.476. The molecule has 23 heavy (non-hydrogen) atoms. The lowest BCUT2D eigenvalue weighted by molar-refractivity contribution is -0.301. The van der Waals surface area contributed by atoms with Crippen molar-refractivity contribution < 1.29 is 35.0 Å². The largest absolute Gasteiger partial charge is 0.394 e. The summed E-state index contributed by atoms with van der Waals surface area (Å²) < 4.78 is 10.6. The number of hydrogen-bond acceptors (Lipinski definition) is 7. The Balaban J connectivity index is 1.65. The fraction of sp³-hybridized carbons (Fsp3) is 1.00. The third-order valence-electron chi connectivity index (χ3n) is 4.96. The molecular formula is C16H30O7. The highest BCUT2D eigenvalue weighted by Gasteiger charge is 2.43. The summed E-state index contributed by atoms with van der Waals surface area (Å²) in [6.07, 6.45) is 0.544. The lowest BCUT2D eigenvalue weighted by Crippen LogP contribution is -2.59. The number of rotatable bonds is 8. The first-order valence-electron chi connectivity index (χ1n) is 8.63. The fourth-order valence-corrected chi connectivity index (χ4v) is 3.40. The zero-order valence-corrected chi connectivity index (χ0v) is 13.5. The maximum absolute atomic E-state index is 9.98. The van der Waals surface area contributed by atoms with Crippen LogP contribution < -0.4 is 0 Å². The third kappa shape index (κ3) is 5.35. The van der Waals surface area contributed by atoms with Crippen molar-refractivity contribution in [2.75, 3.05) is 13.2 Å². The van der Waals surface area contributed by atoms with Crippen molar-refractivity contribution in [3.63, 3.8) is 0 Å². The van der Waals surface area contributed by atoms with Crippen molar-refractivity contribution in [1.82, 2.24) is 0 Å². The van der Waals surface area contributed by atoms with Crippen molar-refractivity contribution in [2.45, 2.75) is 81.8 Å². The average Bonchev–Trinajstić information content (AvgIpc) is 3.06. The molecule has 2 fully saturated rings. The topological polar surface area (TPSA) is 120 Å². The Morgan fingerprint density at radius 2 is 1.70 bits per heavy atom. The summed E-state index contributed by atoms with van der Waals surface area (Å²) in [5, 5.41) is 48.2. The Hall–Kier alpha value is -0.280. The van der Waals surface area contributed by atoms with Gasteiger partial charge < -0.3 is 35.0 Å². The summed E-state index contributed by atoms with van der Waals surface area (Å²) in [5.74, 6) is 0.732. The highest BCUT2D eigenvalue weighted by atomic mass is 16.7. The Morgan fingerprint density at radius 1 is 1.00 bits per heavy atom. The van der Waals surface area contributed by atoms with E-state index in [0.717, 1.165) is 18.8 Å². The van der Waals surface area contributed by atoms with E-state index < -0.39 is 43.4 Å². The Bertz CT molecular complexity index is 332. The first-order valence-corrected chi connectivity index (χ1v) is 8.63. The van der Waals surface area contributed by atoms with Crippen LogP contribution >= 0.6 is 0 Å². The van der Waals surface area contributed by atoms with Gasteiger partial charge >= 0.3 is 0 Å². The molecule has 136 valence electrons. The molecule has 1 aliphatic carbocycles. The van der Waals surface area contributed by atoms with Crippen LogP contribution in [-0.4, -0.2) is 75.6 Å². The molecule has 6 atom stereocenters. The van der Waals surface area contributed by atoms with Crippen LogP contribution in [0.1, 0.15) is 44.9 Å². The van der Waals surface area contributed by atoms with Crippen LogP contribution in [0.15, 0.2) is 0 Å². The van der Waals surface area contributed by atoms with E-state index in [1.54, 1.807) is 0 Å². The zero-order chi connectivity index (χ0) is 16.8. The molecule has 6 unspecified atom stereocenters. The summed E-state index contributed by atoms with van der Waals surface area (Å²) in [6, 6.07) is 0. The molecule has 2 aliphatic rings. The number of aliphatic hydroxyl groups is 5. The van der Waals surface area contributed by atoms with Crippen LogP contribution in [0, 0.1) is 5.92 Å². The van der Waals surface area contributed by atoms with Crippen molar-refractivity contribution in [2.24, 2.45) is 5.92 Å². The molecule has 7 nitrogen and oxygen atoms in total.